The van der Waals surface area contributed by atoms with Crippen molar-refractivity contribution in [2.45, 2.75) is 45.2 Å². The molecule has 1 unspecified atom stereocenters. The summed E-state index contributed by atoms with van der Waals surface area (Å²) in [5.41, 5.74) is 0.607. The van der Waals surface area contributed by atoms with E-state index in [2.05, 4.69) is 5.16 Å². The molecule has 0 spiro atoms. The van der Waals surface area contributed by atoms with Gasteiger partial charge in [-0.15, -0.1) is 0 Å². The molecular formula is C24H23ClF3NO4. The van der Waals surface area contributed by atoms with Crippen LogP contribution in [0.2, 0.25) is 5.02 Å². The highest BCUT2D eigenvalue weighted by Gasteiger charge is 2.32. The largest absolute Gasteiger partial charge is 0.511 e. The Labute approximate surface area is 194 Å². The first-order chi connectivity index (χ1) is 15.6. The molecule has 0 heterocycles. The van der Waals surface area contributed by atoms with Crippen molar-refractivity contribution < 1.29 is 32.6 Å². The minimum absolute atomic E-state index is 0.0200. The van der Waals surface area contributed by atoms with Crippen LogP contribution in [-0.2, 0) is 15.8 Å². The fourth-order valence-electron chi connectivity index (χ4n) is 3.58. The van der Waals surface area contributed by atoms with E-state index in [1.807, 2.05) is 6.92 Å². The number of allylic oxidation sites excluding steroid dienone is 2. The normalized spacial score (nSPS) is 17.3. The first-order valence-corrected chi connectivity index (χ1v) is 10.8. The van der Waals surface area contributed by atoms with Gasteiger partial charge in [-0.3, -0.25) is 4.79 Å². The van der Waals surface area contributed by atoms with E-state index < -0.39 is 11.7 Å². The molecule has 0 aliphatic heterocycles. The van der Waals surface area contributed by atoms with Crippen LogP contribution in [0.4, 0.5) is 13.2 Å². The number of hydrogen-bond acceptors (Lipinski definition) is 5. The molecule has 1 aliphatic rings. The monoisotopic (exact) mass is 481 g/mol. The summed E-state index contributed by atoms with van der Waals surface area (Å²) in [6.45, 7) is 3.97. The topological polar surface area (TPSA) is 68.1 Å². The van der Waals surface area contributed by atoms with Crippen LogP contribution in [-0.4, -0.2) is 23.2 Å². The zero-order valence-electron chi connectivity index (χ0n) is 18.1. The van der Waals surface area contributed by atoms with E-state index >= 15 is 0 Å². The summed E-state index contributed by atoms with van der Waals surface area (Å²) in [6, 6.07) is 9.64. The minimum atomic E-state index is -4.49. The van der Waals surface area contributed by atoms with E-state index in [4.69, 9.17) is 21.2 Å². The summed E-state index contributed by atoms with van der Waals surface area (Å²) in [7, 11) is 0. The highest BCUT2D eigenvalue weighted by Crippen LogP contribution is 2.38. The van der Waals surface area contributed by atoms with E-state index in [1.165, 1.54) is 6.07 Å². The third-order valence-electron chi connectivity index (χ3n) is 5.20. The van der Waals surface area contributed by atoms with Crippen molar-refractivity contribution in [2.24, 2.45) is 5.16 Å². The number of carbonyl (C=O) groups excluding carboxylic acids is 1. The summed E-state index contributed by atoms with van der Waals surface area (Å²) >= 11 is 5.94. The van der Waals surface area contributed by atoms with Gasteiger partial charge in [0, 0.05) is 12.8 Å². The van der Waals surface area contributed by atoms with Crippen molar-refractivity contribution in [1.29, 1.82) is 0 Å². The highest BCUT2D eigenvalue weighted by atomic mass is 35.5. The SMILES string of the molecule is CCO/N=C(\CC)C1=C(O)CC(c2ccc(Oc3ccc(C(F)(F)F)cc3Cl)cc2)CC1=O. The smallest absolute Gasteiger partial charge is 0.416 e. The van der Waals surface area contributed by atoms with Crippen molar-refractivity contribution in [3.63, 3.8) is 0 Å². The Kier molecular flexibility index (Phi) is 7.68. The van der Waals surface area contributed by atoms with E-state index in [-0.39, 0.29) is 46.6 Å². The number of halogens is 4. The van der Waals surface area contributed by atoms with E-state index in [0.717, 1.165) is 17.7 Å². The van der Waals surface area contributed by atoms with Crippen LogP contribution in [0.25, 0.3) is 0 Å². The number of carbonyl (C=O) groups is 1. The van der Waals surface area contributed by atoms with Gasteiger partial charge in [0.25, 0.3) is 0 Å². The van der Waals surface area contributed by atoms with Gasteiger partial charge in [-0.1, -0.05) is 35.8 Å². The van der Waals surface area contributed by atoms with E-state index in [0.29, 0.717) is 24.5 Å². The molecule has 0 radical (unpaired) electrons. The molecule has 0 bridgehead atoms. The zero-order valence-corrected chi connectivity index (χ0v) is 18.8. The molecular weight excluding hydrogens is 459 g/mol. The third kappa shape index (κ3) is 5.87. The fraction of sp³-hybridized carbons (Fsp3) is 0.333. The Morgan fingerprint density at radius 2 is 1.85 bits per heavy atom. The molecule has 5 nitrogen and oxygen atoms in total. The summed E-state index contributed by atoms with van der Waals surface area (Å²) in [4.78, 5) is 17.8. The second-order valence-electron chi connectivity index (χ2n) is 7.47. The Morgan fingerprint density at radius 1 is 1.15 bits per heavy atom. The molecule has 1 N–H and O–H groups in total. The number of ether oxygens (including phenoxy) is 1. The number of benzene rings is 2. The lowest BCUT2D eigenvalue weighted by Gasteiger charge is -2.24. The van der Waals surface area contributed by atoms with Gasteiger partial charge in [-0.05, 0) is 55.2 Å². The lowest BCUT2D eigenvalue weighted by molar-refractivity contribution is -0.137. The van der Waals surface area contributed by atoms with Gasteiger partial charge in [-0.2, -0.15) is 13.2 Å². The Bertz CT molecular complexity index is 1080. The molecule has 0 saturated carbocycles. The maximum atomic E-state index is 12.8. The van der Waals surface area contributed by atoms with Crippen LogP contribution in [0, 0.1) is 0 Å². The van der Waals surface area contributed by atoms with Crippen LogP contribution in [0.3, 0.4) is 0 Å². The van der Waals surface area contributed by atoms with E-state index in [1.54, 1.807) is 31.2 Å². The quantitative estimate of drug-likeness (QED) is 0.335. The molecule has 33 heavy (non-hydrogen) atoms. The van der Waals surface area contributed by atoms with Crippen molar-refractivity contribution >= 4 is 23.1 Å². The first kappa shape index (κ1) is 24.6. The average molecular weight is 482 g/mol. The van der Waals surface area contributed by atoms with Crippen LogP contribution >= 0.6 is 11.6 Å². The molecule has 0 fully saturated rings. The molecule has 176 valence electrons. The number of aliphatic hydroxyl groups excluding tert-OH is 1. The molecule has 2 aromatic rings. The summed E-state index contributed by atoms with van der Waals surface area (Å²) in [6.07, 6.45) is -3.56. The first-order valence-electron chi connectivity index (χ1n) is 10.4. The summed E-state index contributed by atoms with van der Waals surface area (Å²) in [5, 5.41) is 14.3. The molecule has 0 amide bonds. The number of oxime groups is 1. The average Bonchev–Trinajstić information content (AvgIpc) is 2.76. The number of ketones is 1. The second-order valence-corrected chi connectivity index (χ2v) is 7.88. The second kappa shape index (κ2) is 10.3. The number of aliphatic hydroxyl groups is 1. The number of rotatable bonds is 7. The number of Topliss-reactive ketones (excluding diaryl/α,β-unsaturated/α-hetero) is 1. The maximum Gasteiger partial charge on any atom is 0.416 e. The fourth-order valence-corrected chi connectivity index (χ4v) is 3.80. The lowest BCUT2D eigenvalue weighted by Crippen LogP contribution is -2.23. The number of hydrogen-bond donors (Lipinski definition) is 1. The molecule has 1 aliphatic carbocycles. The van der Waals surface area contributed by atoms with Crippen molar-refractivity contribution in [2.75, 3.05) is 6.61 Å². The maximum absolute atomic E-state index is 12.8. The molecule has 3 rings (SSSR count). The molecule has 9 heteroatoms. The third-order valence-corrected chi connectivity index (χ3v) is 5.50. The zero-order chi connectivity index (χ0) is 24.2. The molecule has 1 atom stereocenters. The van der Waals surface area contributed by atoms with Gasteiger partial charge in [0.15, 0.2) is 5.78 Å². The van der Waals surface area contributed by atoms with Crippen molar-refractivity contribution in [1.82, 2.24) is 0 Å². The van der Waals surface area contributed by atoms with Crippen LogP contribution < -0.4 is 4.74 Å². The van der Waals surface area contributed by atoms with Gasteiger partial charge >= 0.3 is 6.18 Å². The van der Waals surface area contributed by atoms with Gasteiger partial charge in [0.05, 0.1) is 21.9 Å². The number of nitrogens with zero attached hydrogens (tertiary/aromatic N) is 1. The van der Waals surface area contributed by atoms with Gasteiger partial charge in [0.1, 0.15) is 23.9 Å². The van der Waals surface area contributed by atoms with Gasteiger partial charge < -0.3 is 14.7 Å². The Morgan fingerprint density at radius 3 is 2.39 bits per heavy atom. The standard InChI is InChI=1S/C24H23ClF3NO4/c1-3-19(29-32-4-2)23-20(30)11-15(12-21(23)31)14-5-8-17(9-6-14)33-22-10-7-16(13-18(22)25)24(26,27)28/h5-10,13,15,30H,3-4,11-12H2,1-2H3/b29-19+. The Hall–Kier alpha value is -3.00. The van der Waals surface area contributed by atoms with Crippen LogP contribution in [0.1, 0.15) is 50.2 Å². The minimum Gasteiger partial charge on any atom is -0.511 e. The van der Waals surface area contributed by atoms with Crippen LogP contribution in [0.15, 0.2) is 59.0 Å². The predicted molar refractivity (Wildman–Crippen MR) is 119 cm³/mol. The van der Waals surface area contributed by atoms with E-state index in [9.17, 15) is 23.1 Å². The van der Waals surface area contributed by atoms with Crippen molar-refractivity contribution in [3.8, 4) is 11.5 Å². The molecule has 0 aromatic heterocycles. The van der Waals surface area contributed by atoms with Gasteiger partial charge in [-0.25, -0.2) is 0 Å². The lowest BCUT2D eigenvalue weighted by atomic mass is 9.81. The molecule has 0 saturated heterocycles. The van der Waals surface area contributed by atoms with Crippen LogP contribution in [0.5, 0.6) is 11.5 Å². The molecule has 2 aromatic carbocycles. The highest BCUT2D eigenvalue weighted by molar-refractivity contribution is 6.32. The summed E-state index contributed by atoms with van der Waals surface area (Å²) in [5.74, 6) is 0.0146. The predicted octanol–water partition coefficient (Wildman–Crippen LogP) is 7.21. The van der Waals surface area contributed by atoms with Crippen molar-refractivity contribution in [3.05, 3.63) is 69.9 Å². The Balaban J connectivity index is 1.74. The van der Waals surface area contributed by atoms with Gasteiger partial charge in [0.2, 0.25) is 0 Å². The summed E-state index contributed by atoms with van der Waals surface area (Å²) < 4.78 is 44.0. The number of alkyl halides is 3.